The topological polar surface area (TPSA) is 53.1 Å². The van der Waals surface area contributed by atoms with Crippen LogP contribution in [-0.4, -0.2) is 29.9 Å². The summed E-state index contributed by atoms with van der Waals surface area (Å²) in [5.41, 5.74) is 5.39. The average Bonchev–Trinajstić information content (AvgIpc) is 2.17. The molecule has 0 saturated carbocycles. The third-order valence-corrected chi connectivity index (χ3v) is 3.04. The van der Waals surface area contributed by atoms with Gasteiger partial charge in [-0.1, -0.05) is 19.8 Å². The minimum atomic E-state index is 0.325. The highest BCUT2D eigenvalue weighted by Gasteiger charge is 2.20. The lowest BCUT2D eigenvalue weighted by molar-refractivity contribution is 0.143. The Balaban J connectivity index is 2.33. The zero-order chi connectivity index (χ0) is 10.4. The number of hydrogen-bond donors (Lipinski definition) is 2. The molecule has 3 nitrogen and oxygen atoms in total. The van der Waals surface area contributed by atoms with E-state index >= 15 is 0 Å². The van der Waals surface area contributed by atoms with E-state index in [1.165, 1.54) is 38.6 Å². The average molecular weight is 197 g/mol. The maximum absolute atomic E-state index is 7.23. The summed E-state index contributed by atoms with van der Waals surface area (Å²) >= 11 is 0. The van der Waals surface area contributed by atoms with Crippen molar-refractivity contribution in [1.29, 1.82) is 5.41 Å². The summed E-state index contributed by atoms with van der Waals surface area (Å²) in [6, 6.07) is 0.757. The molecular weight excluding hydrogens is 174 g/mol. The molecule has 14 heavy (non-hydrogen) atoms. The maximum atomic E-state index is 7.23. The van der Waals surface area contributed by atoms with Gasteiger partial charge in [-0.25, -0.2) is 0 Å². The fourth-order valence-electron chi connectivity index (χ4n) is 2.28. The molecule has 82 valence electrons. The molecule has 0 aromatic carbocycles. The molecule has 1 aliphatic heterocycles. The molecule has 0 spiro atoms. The van der Waals surface area contributed by atoms with Gasteiger partial charge in [0.15, 0.2) is 0 Å². The molecule has 0 amide bonds. The minimum Gasteiger partial charge on any atom is -0.388 e. The Morgan fingerprint density at radius 1 is 1.50 bits per heavy atom. The van der Waals surface area contributed by atoms with Crippen LogP contribution in [0.3, 0.4) is 0 Å². The van der Waals surface area contributed by atoms with Crippen LogP contribution in [0.2, 0.25) is 0 Å². The van der Waals surface area contributed by atoms with Gasteiger partial charge in [-0.15, -0.1) is 0 Å². The number of amidine groups is 1. The van der Waals surface area contributed by atoms with Gasteiger partial charge >= 0.3 is 0 Å². The molecule has 3 heteroatoms. The minimum absolute atomic E-state index is 0.325. The highest BCUT2D eigenvalue weighted by Crippen LogP contribution is 2.20. The quantitative estimate of drug-likeness (QED) is 0.523. The zero-order valence-electron chi connectivity index (χ0n) is 9.26. The highest BCUT2D eigenvalue weighted by molar-refractivity contribution is 5.76. The van der Waals surface area contributed by atoms with E-state index < -0.39 is 0 Å². The predicted molar refractivity (Wildman–Crippen MR) is 60.7 cm³/mol. The normalized spacial score (nSPS) is 23.6. The van der Waals surface area contributed by atoms with E-state index in [0.29, 0.717) is 5.84 Å². The molecule has 0 aromatic heterocycles. The third-order valence-electron chi connectivity index (χ3n) is 3.04. The molecule has 3 N–H and O–H groups in total. The molecule has 1 aliphatic rings. The Kier molecular flexibility index (Phi) is 4.94. The second-order valence-electron chi connectivity index (χ2n) is 4.25. The SMILES string of the molecule is CCCC1CCCCN1CCC(=N)N. The standard InChI is InChI=1S/C11H23N3/c1-2-5-10-6-3-4-8-14(10)9-7-11(12)13/h10H,2-9H2,1H3,(H3,12,13). The number of likely N-dealkylation sites (tertiary alicyclic amines) is 1. The van der Waals surface area contributed by atoms with Crippen molar-refractivity contribution in [1.82, 2.24) is 4.90 Å². The van der Waals surface area contributed by atoms with Gasteiger partial charge < -0.3 is 5.73 Å². The molecule has 1 saturated heterocycles. The molecule has 0 radical (unpaired) electrons. The summed E-state index contributed by atoms with van der Waals surface area (Å²) in [7, 11) is 0. The summed E-state index contributed by atoms with van der Waals surface area (Å²) in [4.78, 5) is 2.52. The summed E-state index contributed by atoms with van der Waals surface area (Å²) in [6.07, 6.45) is 7.34. The van der Waals surface area contributed by atoms with Crippen LogP contribution in [-0.2, 0) is 0 Å². The first kappa shape index (κ1) is 11.5. The van der Waals surface area contributed by atoms with Crippen LogP contribution in [0.25, 0.3) is 0 Å². The molecule has 0 bridgehead atoms. The summed E-state index contributed by atoms with van der Waals surface area (Å²) in [6.45, 7) is 4.44. The van der Waals surface area contributed by atoms with Crippen molar-refractivity contribution >= 4 is 5.84 Å². The molecule has 0 aliphatic carbocycles. The lowest BCUT2D eigenvalue weighted by Crippen LogP contribution is -2.41. The number of nitrogens with zero attached hydrogens (tertiary/aromatic N) is 1. The van der Waals surface area contributed by atoms with Crippen LogP contribution in [0.1, 0.15) is 45.4 Å². The van der Waals surface area contributed by atoms with Crippen molar-refractivity contribution < 1.29 is 0 Å². The fraction of sp³-hybridized carbons (Fsp3) is 0.909. The third kappa shape index (κ3) is 3.66. The largest absolute Gasteiger partial charge is 0.388 e. The monoisotopic (exact) mass is 197 g/mol. The van der Waals surface area contributed by atoms with Gasteiger partial charge in [0.1, 0.15) is 0 Å². The summed E-state index contributed by atoms with van der Waals surface area (Å²) in [5, 5.41) is 7.23. The van der Waals surface area contributed by atoms with Gasteiger partial charge in [-0.3, -0.25) is 10.3 Å². The Morgan fingerprint density at radius 2 is 2.29 bits per heavy atom. The van der Waals surface area contributed by atoms with E-state index in [1.54, 1.807) is 0 Å². The number of piperidine rings is 1. The summed E-state index contributed by atoms with van der Waals surface area (Å²) in [5.74, 6) is 0.325. The number of hydrogen-bond acceptors (Lipinski definition) is 2. The molecule has 1 unspecified atom stereocenters. The highest BCUT2D eigenvalue weighted by atomic mass is 15.2. The first-order valence-electron chi connectivity index (χ1n) is 5.81. The van der Waals surface area contributed by atoms with Crippen molar-refractivity contribution in [3.05, 3.63) is 0 Å². The predicted octanol–water partition coefficient (Wildman–Crippen LogP) is 1.97. The molecule has 1 atom stereocenters. The van der Waals surface area contributed by atoms with Gasteiger partial charge in [0.2, 0.25) is 0 Å². The smallest absolute Gasteiger partial charge is 0.0918 e. The van der Waals surface area contributed by atoms with Gasteiger partial charge in [0.25, 0.3) is 0 Å². The number of rotatable bonds is 5. The first-order chi connectivity index (χ1) is 6.74. The van der Waals surface area contributed by atoms with E-state index in [0.717, 1.165) is 19.0 Å². The Hall–Kier alpha value is -0.570. The van der Waals surface area contributed by atoms with Crippen molar-refractivity contribution in [2.75, 3.05) is 13.1 Å². The second-order valence-corrected chi connectivity index (χ2v) is 4.25. The van der Waals surface area contributed by atoms with Crippen LogP contribution < -0.4 is 5.73 Å². The van der Waals surface area contributed by atoms with Crippen molar-refractivity contribution in [2.45, 2.75) is 51.5 Å². The van der Waals surface area contributed by atoms with E-state index in [2.05, 4.69) is 11.8 Å². The fourth-order valence-corrected chi connectivity index (χ4v) is 2.28. The molecule has 1 fully saturated rings. The second kappa shape index (κ2) is 6.02. The number of nitrogens with one attached hydrogen (secondary N) is 1. The van der Waals surface area contributed by atoms with E-state index in [-0.39, 0.29) is 0 Å². The van der Waals surface area contributed by atoms with Crippen molar-refractivity contribution in [3.8, 4) is 0 Å². The molecule has 1 rings (SSSR count). The van der Waals surface area contributed by atoms with Crippen LogP contribution in [0, 0.1) is 5.41 Å². The summed E-state index contributed by atoms with van der Waals surface area (Å²) < 4.78 is 0. The zero-order valence-corrected chi connectivity index (χ0v) is 9.26. The number of nitrogens with two attached hydrogens (primary N) is 1. The van der Waals surface area contributed by atoms with Gasteiger partial charge in [-0.2, -0.15) is 0 Å². The van der Waals surface area contributed by atoms with Gasteiger partial charge in [0.05, 0.1) is 5.84 Å². The Bertz CT molecular complexity index is 177. The van der Waals surface area contributed by atoms with Crippen molar-refractivity contribution in [2.24, 2.45) is 5.73 Å². The van der Waals surface area contributed by atoms with Crippen LogP contribution in [0.4, 0.5) is 0 Å². The van der Waals surface area contributed by atoms with Gasteiger partial charge in [0, 0.05) is 19.0 Å². The van der Waals surface area contributed by atoms with Gasteiger partial charge in [-0.05, 0) is 25.8 Å². The van der Waals surface area contributed by atoms with Crippen LogP contribution in [0.15, 0.2) is 0 Å². The van der Waals surface area contributed by atoms with Crippen LogP contribution >= 0.6 is 0 Å². The first-order valence-corrected chi connectivity index (χ1v) is 5.81. The lowest BCUT2D eigenvalue weighted by atomic mass is 9.98. The lowest BCUT2D eigenvalue weighted by Gasteiger charge is -2.35. The van der Waals surface area contributed by atoms with Crippen molar-refractivity contribution in [3.63, 3.8) is 0 Å². The van der Waals surface area contributed by atoms with E-state index in [1.807, 2.05) is 0 Å². The Labute approximate surface area is 87.2 Å². The maximum Gasteiger partial charge on any atom is 0.0918 e. The molecular formula is C11H23N3. The van der Waals surface area contributed by atoms with E-state index in [9.17, 15) is 0 Å². The molecule has 0 aromatic rings. The Morgan fingerprint density at radius 3 is 2.93 bits per heavy atom. The van der Waals surface area contributed by atoms with Crippen LogP contribution in [0.5, 0.6) is 0 Å². The van der Waals surface area contributed by atoms with E-state index in [4.69, 9.17) is 11.1 Å². The molecule has 1 heterocycles.